The highest BCUT2D eigenvalue weighted by atomic mass is 35.5. The lowest BCUT2D eigenvalue weighted by Gasteiger charge is -2.19. The Morgan fingerprint density at radius 2 is 1.38 bits per heavy atom. The molecule has 6 nitrogen and oxygen atoms in total. The van der Waals surface area contributed by atoms with Gasteiger partial charge < -0.3 is 16.4 Å². The van der Waals surface area contributed by atoms with E-state index in [2.05, 4.69) is 15.5 Å². The monoisotopic (exact) mass is 438 g/mol. The predicted octanol–water partition coefficient (Wildman–Crippen LogP) is 4.18. The molecular weight excluding hydrogens is 411 g/mol. The van der Waals surface area contributed by atoms with Crippen LogP contribution in [0.4, 0.5) is 17.1 Å². The lowest BCUT2D eigenvalue weighted by Crippen LogP contribution is -2.33. The van der Waals surface area contributed by atoms with E-state index in [4.69, 9.17) is 5.73 Å². The number of carbonyl (C=O) groups excluding carboxylic acids is 2. The Hall–Kier alpha value is -2.28. The maximum atomic E-state index is 12.3. The molecule has 4 N–H and O–H groups in total. The second-order valence-electron chi connectivity index (χ2n) is 6.86. The minimum Gasteiger partial charge on any atom is -0.398 e. The molecule has 0 unspecified atom stereocenters. The zero-order chi connectivity index (χ0) is 19.1. The summed E-state index contributed by atoms with van der Waals surface area (Å²) in [6.07, 6.45) is 4.82. The van der Waals surface area contributed by atoms with Crippen LogP contribution in [0.15, 0.2) is 48.5 Å². The number of benzene rings is 2. The number of anilines is 3. The topological polar surface area (TPSA) is 87.5 Å². The third kappa shape index (κ3) is 7.57. The largest absolute Gasteiger partial charge is 0.398 e. The fourth-order valence-electron chi connectivity index (χ4n) is 3.24. The summed E-state index contributed by atoms with van der Waals surface area (Å²) in [5.41, 5.74) is 8.06. The zero-order valence-electron chi connectivity index (χ0n) is 16.2. The first-order chi connectivity index (χ1) is 13.1. The summed E-state index contributed by atoms with van der Waals surface area (Å²) >= 11 is 0. The maximum absolute atomic E-state index is 12.3. The molecule has 0 spiro atoms. The number of nitrogens with two attached hydrogens (primary N) is 1. The van der Waals surface area contributed by atoms with E-state index in [1.165, 1.54) is 12.8 Å². The van der Waals surface area contributed by atoms with Gasteiger partial charge in [-0.25, -0.2) is 0 Å². The first kappa shape index (κ1) is 24.8. The van der Waals surface area contributed by atoms with Crippen LogP contribution in [0.2, 0.25) is 0 Å². The van der Waals surface area contributed by atoms with Gasteiger partial charge in [0, 0.05) is 17.1 Å². The summed E-state index contributed by atoms with van der Waals surface area (Å²) in [5, 5.41) is 5.73. The maximum Gasteiger partial charge on any atom is 0.257 e. The van der Waals surface area contributed by atoms with Crippen LogP contribution in [-0.4, -0.2) is 36.3 Å². The number of carbonyl (C=O) groups is 2. The Balaban J connectivity index is 0.00000210. The van der Waals surface area contributed by atoms with Gasteiger partial charge in [-0.2, -0.15) is 0 Å². The average molecular weight is 439 g/mol. The van der Waals surface area contributed by atoms with Crippen molar-refractivity contribution in [2.45, 2.75) is 25.7 Å². The van der Waals surface area contributed by atoms with Crippen molar-refractivity contribution in [2.24, 2.45) is 0 Å². The van der Waals surface area contributed by atoms with Crippen LogP contribution in [-0.2, 0) is 4.79 Å². The van der Waals surface area contributed by atoms with E-state index < -0.39 is 0 Å². The lowest BCUT2D eigenvalue weighted by atomic mass is 10.1. The Morgan fingerprint density at radius 1 is 0.828 bits per heavy atom. The van der Waals surface area contributed by atoms with Crippen molar-refractivity contribution < 1.29 is 9.59 Å². The van der Waals surface area contributed by atoms with Gasteiger partial charge in [-0.05, 0) is 62.3 Å². The van der Waals surface area contributed by atoms with Crippen LogP contribution in [0.5, 0.6) is 0 Å². The van der Waals surface area contributed by atoms with Gasteiger partial charge in [0.2, 0.25) is 5.91 Å². The summed E-state index contributed by atoms with van der Waals surface area (Å²) < 4.78 is 0. The molecule has 0 aromatic heterocycles. The van der Waals surface area contributed by atoms with Gasteiger partial charge in [0.25, 0.3) is 5.91 Å². The minimum absolute atomic E-state index is 0. The number of nitrogens with zero attached hydrogens (tertiary/aromatic N) is 1. The van der Waals surface area contributed by atoms with E-state index in [1.54, 1.807) is 48.5 Å². The quantitative estimate of drug-likeness (QED) is 0.610. The van der Waals surface area contributed by atoms with Crippen molar-refractivity contribution in [1.29, 1.82) is 0 Å². The molecule has 158 valence electrons. The van der Waals surface area contributed by atoms with Gasteiger partial charge in [-0.3, -0.25) is 14.5 Å². The first-order valence-corrected chi connectivity index (χ1v) is 9.40. The number of likely N-dealkylation sites (tertiary alicyclic amines) is 1. The first-order valence-electron chi connectivity index (χ1n) is 9.40. The van der Waals surface area contributed by atoms with Crippen LogP contribution < -0.4 is 16.4 Å². The molecule has 0 aliphatic carbocycles. The Morgan fingerprint density at radius 3 is 1.97 bits per heavy atom. The number of nitrogen functional groups attached to an aromatic ring is 1. The smallest absolute Gasteiger partial charge is 0.257 e. The molecule has 1 aliphatic heterocycles. The number of rotatable bonds is 5. The van der Waals surface area contributed by atoms with E-state index in [9.17, 15) is 9.59 Å². The van der Waals surface area contributed by atoms with Gasteiger partial charge in [0.05, 0.1) is 12.1 Å². The van der Waals surface area contributed by atoms with Crippen LogP contribution >= 0.6 is 24.8 Å². The van der Waals surface area contributed by atoms with Crippen LogP contribution in [0.1, 0.15) is 36.0 Å². The Bertz CT molecular complexity index is 792. The molecular formula is C21H28Cl2N4O2. The van der Waals surface area contributed by atoms with Crippen molar-refractivity contribution in [3.63, 3.8) is 0 Å². The highest BCUT2D eigenvalue weighted by Crippen LogP contribution is 2.17. The van der Waals surface area contributed by atoms with Crippen LogP contribution in [0.25, 0.3) is 0 Å². The number of hydrogen-bond donors (Lipinski definition) is 3. The standard InChI is InChI=1S/C21H26N4O2.2ClH/c22-19-8-4-3-7-18(19)21(27)24-17-11-9-16(10-12-17)23-20(26)15-25-13-5-1-2-6-14-25;;/h3-4,7-12H,1-2,5-6,13-15,22H2,(H,23,26)(H,24,27);2*1H. The fraction of sp³-hybridized carbons (Fsp3) is 0.333. The molecule has 1 saturated heterocycles. The van der Waals surface area contributed by atoms with Gasteiger partial charge in [0.15, 0.2) is 0 Å². The molecule has 3 rings (SSSR count). The van der Waals surface area contributed by atoms with Crippen LogP contribution in [0.3, 0.4) is 0 Å². The summed E-state index contributed by atoms with van der Waals surface area (Å²) in [5.74, 6) is -0.267. The van der Waals surface area contributed by atoms with E-state index in [-0.39, 0.29) is 36.6 Å². The molecule has 29 heavy (non-hydrogen) atoms. The van der Waals surface area contributed by atoms with Crippen molar-refractivity contribution in [3.8, 4) is 0 Å². The predicted molar refractivity (Wildman–Crippen MR) is 123 cm³/mol. The Labute approximate surface area is 184 Å². The summed E-state index contributed by atoms with van der Waals surface area (Å²) in [6, 6.07) is 14.0. The second kappa shape index (κ2) is 12.3. The van der Waals surface area contributed by atoms with Crippen molar-refractivity contribution in [2.75, 3.05) is 36.0 Å². The minimum atomic E-state index is -0.258. The second-order valence-corrected chi connectivity index (χ2v) is 6.86. The lowest BCUT2D eigenvalue weighted by molar-refractivity contribution is -0.117. The number of amides is 2. The molecule has 1 aliphatic rings. The SMILES string of the molecule is Cl.Cl.Nc1ccccc1C(=O)Nc1ccc(NC(=O)CN2CCCCCC2)cc1. The Kier molecular flexibility index (Phi) is 10.5. The molecule has 8 heteroatoms. The molecule has 0 atom stereocenters. The van der Waals surface area contributed by atoms with Crippen molar-refractivity contribution in [1.82, 2.24) is 4.90 Å². The highest BCUT2D eigenvalue weighted by molar-refractivity contribution is 6.07. The summed E-state index contributed by atoms with van der Waals surface area (Å²) in [6.45, 7) is 2.40. The van der Waals surface area contributed by atoms with E-state index in [0.717, 1.165) is 25.9 Å². The third-order valence-electron chi connectivity index (χ3n) is 4.70. The number of halogens is 2. The third-order valence-corrected chi connectivity index (χ3v) is 4.70. The van der Waals surface area contributed by atoms with E-state index >= 15 is 0 Å². The normalized spacial score (nSPS) is 13.9. The van der Waals surface area contributed by atoms with Gasteiger partial charge in [-0.15, -0.1) is 24.8 Å². The molecule has 2 aromatic rings. The fourth-order valence-corrected chi connectivity index (χ4v) is 3.24. The average Bonchev–Trinajstić information content (AvgIpc) is 2.92. The van der Waals surface area contributed by atoms with E-state index in [0.29, 0.717) is 29.2 Å². The van der Waals surface area contributed by atoms with Crippen LogP contribution in [0, 0.1) is 0 Å². The highest BCUT2D eigenvalue weighted by Gasteiger charge is 2.13. The van der Waals surface area contributed by atoms with Gasteiger partial charge in [0.1, 0.15) is 0 Å². The zero-order valence-corrected chi connectivity index (χ0v) is 17.9. The number of nitrogens with one attached hydrogen (secondary N) is 2. The molecule has 2 amide bonds. The molecule has 2 aromatic carbocycles. The molecule has 1 fully saturated rings. The van der Waals surface area contributed by atoms with E-state index in [1.807, 2.05) is 0 Å². The van der Waals surface area contributed by atoms with Crippen molar-refractivity contribution >= 4 is 53.7 Å². The molecule has 0 saturated carbocycles. The van der Waals surface area contributed by atoms with Gasteiger partial charge >= 0.3 is 0 Å². The molecule has 0 bridgehead atoms. The van der Waals surface area contributed by atoms with Crippen molar-refractivity contribution in [3.05, 3.63) is 54.1 Å². The van der Waals surface area contributed by atoms with Gasteiger partial charge in [-0.1, -0.05) is 25.0 Å². The molecule has 0 radical (unpaired) electrons. The number of para-hydroxylation sites is 1. The summed E-state index contributed by atoms with van der Waals surface area (Å²) in [7, 11) is 0. The summed E-state index contributed by atoms with van der Waals surface area (Å²) in [4.78, 5) is 26.7. The number of hydrogen-bond acceptors (Lipinski definition) is 4. The molecule has 1 heterocycles.